The van der Waals surface area contributed by atoms with Crippen molar-refractivity contribution in [2.75, 3.05) is 0 Å². The zero-order valence-electron chi connectivity index (χ0n) is 12.7. The predicted molar refractivity (Wildman–Crippen MR) is 86.6 cm³/mol. The number of Topliss-reactive ketones (excluding diaryl/α,β-unsaturated/α-hetero) is 1. The second kappa shape index (κ2) is 4.23. The van der Waals surface area contributed by atoms with Gasteiger partial charge in [-0.3, -0.25) is 4.79 Å². The van der Waals surface area contributed by atoms with Crippen LogP contribution in [0.5, 0.6) is 0 Å². The fourth-order valence-corrected chi connectivity index (χ4v) is 5.96. The van der Waals surface area contributed by atoms with Crippen LogP contribution in [0.3, 0.4) is 0 Å². The number of hydrogen-bond donors (Lipinski definition) is 2. The van der Waals surface area contributed by atoms with E-state index >= 15 is 0 Å². The molecule has 3 heteroatoms. The maximum absolute atomic E-state index is 13.5. The summed E-state index contributed by atoms with van der Waals surface area (Å²) >= 11 is 0. The first-order valence-corrected chi connectivity index (χ1v) is 8.54. The molecule has 4 aliphatic rings. The topological polar surface area (TPSA) is 58.9 Å². The molecule has 3 atom stereocenters. The third kappa shape index (κ3) is 1.52. The van der Waals surface area contributed by atoms with Gasteiger partial charge in [0.05, 0.1) is 5.52 Å². The van der Waals surface area contributed by atoms with Gasteiger partial charge in [-0.15, -0.1) is 0 Å². The van der Waals surface area contributed by atoms with Crippen molar-refractivity contribution in [2.45, 2.75) is 38.1 Å². The predicted octanol–water partition coefficient (Wildman–Crippen LogP) is 3.50. The number of benzene rings is 1. The molecule has 114 valence electrons. The van der Waals surface area contributed by atoms with E-state index in [1.165, 1.54) is 19.3 Å². The number of carbonyl (C=O) groups is 1. The number of rotatable bonds is 2. The van der Waals surface area contributed by atoms with Crippen LogP contribution in [0.2, 0.25) is 0 Å². The van der Waals surface area contributed by atoms with E-state index in [1.54, 1.807) is 0 Å². The number of H-pyrrole nitrogens is 1. The van der Waals surface area contributed by atoms with Crippen molar-refractivity contribution in [1.82, 2.24) is 4.98 Å². The zero-order valence-corrected chi connectivity index (χ0v) is 12.7. The lowest BCUT2D eigenvalue weighted by molar-refractivity contribution is -0.0520. The van der Waals surface area contributed by atoms with Gasteiger partial charge in [-0.05, 0) is 62.0 Å². The molecule has 3 unspecified atom stereocenters. The first-order chi connectivity index (χ1) is 10.7. The second-order valence-electron chi connectivity index (χ2n) is 7.87. The Morgan fingerprint density at radius 3 is 2.68 bits per heavy atom. The van der Waals surface area contributed by atoms with E-state index in [9.17, 15) is 4.79 Å². The highest BCUT2D eigenvalue weighted by molar-refractivity contribution is 6.10. The van der Waals surface area contributed by atoms with Gasteiger partial charge in [0.1, 0.15) is 0 Å². The summed E-state index contributed by atoms with van der Waals surface area (Å²) in [4.78, 5) is 16.8. The number of para-hydroxylation sites is 1. The second-order valence-corrected chi connectivity index (χ2v) is 7.87. The van der Waals surface area contributed by atoms with Gasteiger partial charge in [0.15, 0.2) is 5.78 Å². The minimum absolute atomic E-state index is 0.0537. The molecule has 0 amide bonds. The molecule has 22 heavy (non-hydrogen) atoms. The van der Waals surface area contributed by atoms with Gasteiger partial charge in [0, 0.05) is 28.6 Å². The summed E-state index contributed by atoms with van der Waals surface area (Å²) in [6, 6.07) is 8.12. The van der Waals surface area contributed by atoms with E-state index in [1.807, 2.05) is 24.4 Å². The van der Waals surface area contributed by atoms with Crippen molar-refractivity contribution in [3.63, 3.8) is 0 Å². The molecule has 1 aromatic heterocycles. The van der Waals surface area contributed by atoms with Crippen LogP contribution in [0, 0.1) is 23.2 Å². The SMILES string of the molecule is NC1C2CC3CC(C2)CC1(C(=O)c1cccc2cc[nH]c12)C3. The van der Waals surface area contributed by atoms with E-state index in [0.717, 1.165) is 41.1 Å². The normalized spacial score (nSPS) is 39.5. The molecule has 3 N–H and O–H groups in total. The third-order valence-corrected chi connectivity index (χ3v) is 6.67. The number of nitrogens with one attached hydrogen (secondary N) is 1. The molecule has 0 saturated heterocycles. The van der Waals surface area contributed by atoms with Crippen LogP contribution in [0.1, 0.15) is 42.5 Å². The molecule has 2 aromatic rings. The van der Waals surface area contributed by atoms with E-state index in [0.29, 0.717) is 11.7 Å². The van der Waals surface area contributed by atoms with Gasteiger partial charge in [-0.2, -0.15) is 0 Å². The van der Waals surface area contributed by atoms with Crippen molar-refractivity contribution in [3.05, 3.63) is 36.0 Å². The summed E-state index contributed by atoms with van der Waals surface area (Å²) in [5.74, 6) is 2.32. The lowest BCUT2D eigenvalue weighted by Gasteiger charge is -2.59. The molecule has 4 fully saturated rings. The average Bonchev–Trinajstić information content (AvgIpc) is 2.99. The summed E-state index contributed by atoms with van der Waals surface area (Å²) < 4.78 is 0. The number of nitrogens with two attached hydrogens (primary N) is 1. The van der Waals surface area contributed by atoms with Crippen molar-refractivity contribution in [3.8, 4) is 0 Å². The van der Waals surface area contributed by atoms with Gasteiger partial charge in [0.25, 0.3) is 0 Å². The number of fused-ring (bicyclic) bond motifs is 1. The van der Waals surface area contributed by atoms with Crippen LogP contribution < -0.4 is 5.73 Å². The molecular weight excluding hydrogens is 272 g/mol. The summed E-state index contributed by atoms with van der Waals surface area (Å²) in [6.45, 7) is 0. The van der Waals surface area contributed by atoms with Crippen LogP contribution >= 0.6 is 0 Å². The van der Waals surface area contributed by atoms with Crippen LogP contribution in [0.15, 0.2) is 30.5 Å². The van der Waals surface area contributed by atoms with Gasteiger partial charge in [-0.1, -0.05) is 12.1 Å². The molecule has 4 saturated carbocycles. The summed E-state index contributed by atoms with van der Waals surface area (Å²) in [5, 5.41) is 1.11. The lowest BCUT2D eigenvalue weighted by atomic mass is 9.46. The number of ketones is 1. The fraction of sp³-hybridized carbons (Fsp3) is 0.526. The molecule has 6 rings (SSSR count). The Morgan fingerprint density at radius 1 is 1.14 bits per heavy atom. The maximum atomic E-state index is 13.5. The first-order valence-electron chi connectivity index (χ1n) is 8.54. The van der Waals surface area contributed by atoms with E-state index < -0.39 is 0 Å². The highest BCUT2D eigenvalue weighted by atomic mass is 16.1. The first kappa shape index (κ1) is 12.9. The molecule has 0 spiro atoms. The van der Waals surface area contributed by atoms with Crippen molar-refractivity contribution < 1.29 is 4.79 Å². The van der Waals surface area contributed by atoms with Gasteiger partial charge < -0.3 is 10.7 Å². The van der Waals surface area contributed by atoms with Crippen LogP contribution in [0.4, 0.5) is 0 Å². The van der Waals surface area contributed by atoms with Gasteiger partial charge >= 0.3 is 0 Å². The molecular formula is C19H22N2O. The number of carbonyl (C=O) groups excluding carboxylic acids is 1. The lowest BCUT2D eigenvalue weighted by Crippen LogP contribution is -2.62. The van der Waals surface area contributed by atoms with E-state index in [4.69, 9.17) is 5.73 Å². The van der Waals surface area contributed by atoms with Crippen LogP contribution in [-0.2, 0) is 0 Å². The Bertz CT molecular complexity index is 748. The van der Waals surface area contributed by atoms with Crippen molar-refractivity contribution >= 4 is 16.7 Å². The Hall–Kier alpha value is -1.61. The van der Waals surface area contributed by atoms with Gasteiger partial charge in [-0.25, -0.2) is 0 Å². The fourth-order valence-electron chi connectivity index (χ4n) is 5.96. The summed E-state index contributed by atoms with van der Waals surface area (Å²) in [7, 11) is 0. The molecule has 4 aliphatic carbocycles. The Kier molecular flexibility index (Phi) is 2.48. The largest absolute Gasteiger partial charge is 0.361 e. The molecule has 4 bridgehead atoms. The molecule has 0 aliphatic heterocycles. The molecule has 1 aromatic carbocycles. The van der Waals surface area contributed by atoms with Crippen molar-refractivity contribution in [2.24, 2.45) is 28.9 Å². The van der Waals surface area contributed by atoms with Crippen LogP contribution in [-0.4, -0.2) is 16.8 Å². The van der Waals surface area contributed by atoms with E-state index in [2.05, 4.69) is 11.1 Å². The number of hydrogen-bond acceptors (Lipinski definition) is 2. The summed E-state index contributed by atoms with van der Waals surface area (Å²) in [5.41, 5.74) is 8.16. The maximum Gasteiger partial charge on any atom is 0.172 e. The monoisotopic (exact) mass is 294 g/mol. The molecule has 1 heterocycles. The Balaban J connectivity index is 1.64. The highest BCUT2D eigenvalue weighted by Gasteiger charge is 2.59. The number of aromatic nitrogens is 1. The smallest absolute Gasteiger partial charge is 0.172 e. The third-order valence-electron chi connectivity index (χ3n) is 6.67. The highest BCUT2D eigenvalue weighted by Crippen LogP contribution is 2.60. The van der Waals surface area contributed by atoms with Gasteiger partial charge in [0.2, 0.25) is 0 Å². The van der Waals surface area contributed by atoms with E-state index in [-0.39, 0.29) is 11.5 Å². The Labute approximate surface area is 130 Å². The van der Waals surface area contributed by atoms with Crippen LogP contribution in [0.25, 0.3) is 10.9 Å². The summed E-state index contributed by atoms with van der Waals surface area (Å²) in [6.07, 6.45) is 7.76. The van der Waals surface area contributed by atoms with Crippen molar-refractivity contribution in [1.29, 1.82) is 0 Å². The quantitative estimate of drug-likeness (QED) is 0.833. The average molecular weight is 294 g/mol. The zero-order chi connectivity index (χ0) is 14.9. The molecule has 0 radical (unpaired) electrons. The number of aromatic amines is 1. The standard InChI is InChI=1S/C19H22N2O/c20-17-14-7-11-6-12(8-14)10-19(17,9-11)18(22)15-3-1-2-13-4-5-21-16(13)15/h1-5,11-12,14,17,21H,6-10,20H2. The minimum atomic E-state index is -0.297. The molecule has 3 nitrogen and oxygen atoms in total. The minimum Gasteiger partial charge on any atom is -0.361 e. The Morgan fingerprint density at radius 2 is 1.91 bits per heavy atom.